The zero-order valence-electron chi connectivity index (χ0n) is 21.1. The van der Waals surface area contributed by atoms with Gasteiger partial charge in [0, 0.05) is 24.3 Å². The minimum Gasteiger partial charge on any atom is -0.383 e. The smallest absolute Gasteiger partial charge is 0.167 e. The number of halogens is 1. The highest BCUT2D eigenvalue weighted by Crippen LogP contribution is 2.41. The molecule has 0 amide bonds. The molecule has 4 aromatic heterocycles. The summed E-state index contributed by atoms with van der Waals surface area (Å²) >= 11 is 0. The van der Waals surface area contributed by atoms with Crippen LogP contribution in [0.1, 0.15) is 42.7 Å². The third-order valence-corrected chi connectivity index (χ3v) is 7.97. The first-order chi connectivity index (χ1) is 18.2. The van der Waals surface area contributed by atoms with Crippen LogP contribution in [0.15, 0.2) is 67.1 Å². The van der Waals surface area contributed by atoms with E-state index in [4.69, 9.17) is 15.7 Å². The molecule has 7 rings (SSSR count). The Kier molecular flexibility index (Phi) is 6.59. The second-order valence-electron chi connectivity index (χ2n) is 10.2. The quantitative estimate of drug-likeness (QED) is 0.331. The van der Waals surface area contributed by atoms with Crippen LogP contribution in [0.4, 0.5) is 5.82 Å². The van der Waals surface area contributed by atoms with Crippen LogP contribution in [-0.2, 0) is 6.42 Å². The van der Waals surface area contributed by atoms with Crippen LogP contribution >= 0.6 is 12.4 Å². The number of pyridine rings is 2. The maximum Gasteiger partial charge on any atom is 0.167 e. The molecule has 5 heterocycles. The molecular weight excluding hydrogens is 496 g/mol. The number of fused-ring (bicyclic) bond motifs is 2. The molecule has 0 radical (unpaired) electrons. The molecule has 5 aromatic rings. The molecule has 1 aliphatic heterocycles. The zero-order valence-corrected chi connectivity index (χ0v) is 21.9. The van der Waals surface area contributed by atoms with Gasteiger partial charge >= 0.3 is 0 Å². The molecule has 1 aliphatic carbocycles. The van der Waals surface area contributed by atoms with Crippen LogP contribution in [0, 0.1) is 5.92 Å². The highest BCUT2D eigenvalue weighted by molar-refractivity contribution is 5.85. The number of nitrogens with one attached hydrogen (secondary N) is 1. The molecule has 8 nitrogen and oxygen atoms in total. The molecule has 1 aromatic carbocycles. The van der Waals surface area contributed by atoms with Gasteiger partial charge in [0.15, 0.2) is 17.3 Å². The van der Waals surface area contributed by atoms with Crippen molar-refractivity contribution >= 4 is 29.4 Å². The summed E-state index contributed by atoms with van der Waals surface area (Å²) in [4.78, 5) is 14.3. The normalized spacial score (nSPS) is 17.4. The molecule has 1 saturated heterocycles. The van der Waals surface area contributed by atoms with Crippen molar-refractivity contribution < 1.29 is 0 Å². The Morgan fingerprint density at radius 1 is 0.974 bits per heavy atom. The van der Waals surface area contributed by atoms with Crippen LogP contribution in [0.5, 0.6) is 0 Å². The third kappa shape index (κ3) is 4.33. The van der Waals surface area contributed by atoms with Crippen molar-refractivity contribution in [1.29, 1.82) is 0 Å². The summed E-state index contributed by atoms with van der Waals surface area (Å²) in [6.45, 7) is 2.31. The topological polar surface area (TPSA) is 99.5 Å². The second kappa shape index (κ2) is 10.2. The van der Waals surface area contributed by atoms with E-state index in [-0.39, 0.29) is 12.4 Å². The zero-order chi connectivity index (χ0) is 24.8. The molecule has 9 heteroatoms. The van der Waals surface area contributed by atoms with E-state index < -0.39 is 0 Å². The number of piperidine rings is 1. The number of rotatable bonds is 5. The van der Waals surface area contributed by atoms with Gasteiger partial charge in [0.2, 0.25) is 0 Å². The van der Waals surface area contributed by atoms with Crippen molar-refractivity contribution in [3.63, 3.8) is 0 Å². The molecule has 1 unspecified atom stereocenters. The van der Waals surface area contributed by atoms with Crippen molar-refractivity contribution in [2.45, 2.75) is 38.0 Å². The number of anilines is 1. The molecule has 2 aliphatic rings. The lowest BCUT2D eigenvalue weighted by Gasteiger charge is -2.25. The summed E-state index contributed by atoms with van der Waals surface area (Å²) in [5, 5.41) is 7.87. The molecule has 0 spiro atoms. The van der Waals surface area contributed by atoms with Gasteiger partial charge in [-0.15, -0.1) is 12.4 Å². The average Bonchev–Trinajstić information content (AvgIpc) is 3.68. The molecule has 0 saturated carbocycles. The summed E-state index contributed by atoms with van der Waals surface area (Å²) in [6, 6.07) is 16.6. The first-order valence-electron chi connectivity index (χ1n) is 13.2. The van der Waals surface area contributed by atoms with Gasteiger partial charge < -0.3 is 11.1 Å². The Balaban J connectivity index is 0.00000264. The number of benzene rings is 1. The van der Waals surface area contributed by atoms with Crippen molar-refractivity contribution in [1.82, 2.24) is 34.6 Å². The molecule has 1 fully saturated rings. The summed E-state index contributed by atoms with van der Waals surface area (Å²) in [5.74, 6) is 3.43. The Hall–Kier alpha value is -3.75. The number of nitrogens with two attached hydrogens (primary N) is 1. The molecule has 0 bridgehead atoms. The van der Waals surface area contributed by atoms with Crippen molar-refractivity contribution in [2.75, 3.05) is 18.8 Å². The van der Waals surface area contributed by atoms with Crippen molar-refractivity contribution in [3.8, 4) is 22.9 Å². The van der Waals surface area contributed by atoms with Gasteiger partial charge in [-0.25, -0.2) is 19.6 Å². The van der Waals surface area contributed by atoms with E-state index in [1.165, 1.54) is 36.8 Å². The standard InChI is InChI=1S/C29H30N8.ClH/c30-27-24(3-1-12-32-27)28-34-25-8-9-26(36-16-2-13-33-36)35-29(25)37(28)22-6-7-23-20(4-5-21(23)18-22)17-19-10-14-31-15-11-19;/h1-3,6-9,12-13,16,18-20,31H,4-5,10-11,14-15,17H2,(H2,30,32);1H. The highest BCUT2D eigenvalue weighted by atomic mass is 35.5. The van der Waals surface area contributed by atoms with Crippen LogP contribution < -0.4 is 11.1 Å². The summed E-state index contributed by atoms with van der Waals surface area (Å²) in [7, 11) is 0. The maximum absolute atomic E-state index is 6.32. The molecule has 38 heavy (non-hydrogen) atoms. The predicted molar refractivity (Wildman–Crippen MR) is 152 cm³/mol. The van der Waals surface area contributed by atoms with Crippen molar-refractivity contribution in [3.05, 3.63) is 78.2 Å². The highest BCUT2D eigenvalue weighted by Gasteiger charge is 2.27. The lowest BCUT2D eigenvalue weighted by Crippen LogP contribution is -2.28. The summed E-state index contributed by atoms with van der Waals surface area (Å²) in [5.41, 5.74) is 12.7. The summed E-state index contributed by atoms with van der Waals surface area (Å²) < 4.78 is 3.89. The lowest BCUT2D eigenvalue weighted by atomic mass is 9.85. The Morgan fingerprint density at radius 2 is 1.87 bits per heavy atom. The monoisotopic (exact) mass is 526 g/mol. The molecule has 3 N–H and O–H groups in total. The van der Waals surface area contributed by atoms with E-state index in [0.717, 1.165) is 59.5 Å². The van der Waals surface area contributed by atoms with Gasteiger partial charge in [0.25, 0.3) is 0 Å². The number of nitrogens with zero attached hydrogens (tertiary/aromatic N) is 6. The van der Waals surface area contributed by atoms with Gasteiger partial charge in [-0.1, -0.05) is 6.07 Å². The minimum atomic E-state index is 0. The van der Waals surface area contributed by atoms with Gasteiger partial charge in [0.1, 0.15) is 11.3 Å². The second-order valence-corrected chi connectivity index (χ2v) is 10.2. The van der Waals surface area contributed by atoms with E-state index in [1.807, 2.05) is 36.5 Å². The number of hydrogen-bond donors (Lipinski definition) is 2. The average molecular weight is 527 g/mol. The number of imidazole rings is 1. The van der Waals surface area contributed by atoms with Crippen LogP contribution in [-0.4, -0.2) is 42.4 Å². The lowest BCUT2D eigenvalue weighted by molar-refractivity contribution is 0.330. The first-order valence-corrected chi connectivity index (χ1v) is 13.2. The van der Waals surface area contributed by atoms with Gasteiger partial charge in [-0.3, -0.25) is 4.57 Å². The number of nitrogen functional groups attached to an aromatic ring is 1. The Labute approximate surface area is 227 Å². The fourth-order valence-electron chi connectivity index (χ4n) is 6.11. The van der Waals surface area contributed by atoms with E-state index in [1.54, 1.807) is 17.1 Å². The summed E-state index contributed by atoms with van der Waals surface area (Å²) in [6.07, 6.45) is 11.6. The van der Waals surface area contributed by atoms with Gasteiger partial charge in [-0.05, 0) is 111 Å². The van der Waals surface area contributed by atoms with E-state index >= 15 is 0 Å². The van der Waals surface area contributed by atoms with Crippen LogP contribution in [0.2, 0.25) is 0 Å². The third-order valence-electron chi connectivity index (χ3n) is 7.97. The molecule has 1 atom stereocenters. The fourth-order valence-corrected chi connectivity index (χ4v) is 6.11. The predicted octanol–water partition coefficient (Wildman–Crippen LogP) is 5.09. The SMILES string of the molecule is Cl.Nc1ncccc1-c1nc2ccc(-n3cccn3)nc2n1-c1ccc2c(c1)CCC2CC1CCNCC1. The van der Waals surface area contributed by atoms with Crippen LogP contribution in [0.3, 0.4) is 0 Å². The number of aryl methyl sites for hydroxylation is 1. The number of hydrogen-bond acceptors (Lipinski definition) is 6. The van der Waals surface area contributed by atoms with Crippen molar-refractivity contribution in [2.24, 2.45) is 5.92 Å². The molecular formula is C29H31ClN8. The largest absolute Gasteiger partial charge is 0.383 e. The van der Waals surface area contributed by atoms with E-state index in [2.05, 4.69) is 38.2 Å². The minimum absolute atomic E-state index is 0. The first kappa shape index (κ1) is 24.6. The van der Waals surface area contributed by atoms with E-state index in [0.29, 0.717) is 11.7 Å². The number of aromatic nitrogens is 6. The van der Waals surface area contributed by atoms with Crippen LogP contribution in [0.25, 0.3) is 34.1 Å². The Bertz CT molecular complexity index is 1570. The van der Waals surface area contributed by atoms with E-state index in [9.17, 15) is 0 Å². The fraction of sp³-hybridized carbons (Fsp3) is 0.310. The van der Waals surface area contributed by atoms with Gasteiger partial charge in [-0.2, -0.15) is 5.10 Å². The molecule has 194 valence electrons. The maximum atomic E-state index is 6.32. The Morgan fingerprint density at radius 3 is 2.68 bits per heavy atom. The van der Waals surface area contributed by atoms with Gasteiger partial charge in [0.05, 0.1) is 5.56 Å².